The molecule has 8 nitrogen and oxygen atoms in total. The summed E-state index contributed by atoms with van der Waals surface area (Å²) < 4.78 is 0. The predicted molar refractivity (Wildman–Crippen MR) is 128 cm³/mol. The summed E-state index contributed by atoms with van der Waals surface area (Å²) in [6.45, 7) is 2.84. The lowest BCUT2D eigenvalue weighted by molar-refractivity contribution is 0.0728. The number of nitrogens with zero attached hydrogens (tertiary/aromatic N) is 5. The summed E-state index contributed by atoms with van der Waals surface area (Å²) in [5.74, 6) is 0.729. The quantitative estimate of drug-likeness (QED) is 0.603. The molecule has 1 aliphatic carbocycles. The first-order valence-electron chi connectivity index (χ1n) is 11.5. The van der Waals surface area contributed by atoms with E-state index < -0.39 is 0 Å². The minimum Gasteiger partial charge on any atom is -0.382 e. The van der Waals surface area contributed by atoms with Crippen molar-refractivity contribution in [3.63, 3.8) is 0 Å². The molecule has 0 bridgehead atoms. The van der Waals surface area contributed by atoms with E-state index >= 15 is 0 Å². The maximum atomic E-state index is 13.0. The van der Waals surface area contributed by atoms with Crippen LogP contribution in [0.2, 0.25) is 0 Å². The van der Waals surface area contributed by atoms with Crippen molar-refractivity contribution in [3.8, 4) is 0 Å². The third kappa shape index (κ3) is 3.38. The van der Waals surface area contributed by atoms with Gasteiger partial charge in [-0.1, -0.05) is 24.3 Å². The number of thiazole rings is 1. The zero-order valence-electron chi connectivity index (χ0n) is 18.4. The van der Waals surface area contributed by atoms with Crippen molar-refractivity contribution in [2.24, 2.45) is 11.1 Å². The zero-order valence-corrected chi connectivity index (χ0v) is 19.2. The highest BCUT2D eigenvalue weighted by Crippen LogP contribution is 2.50. The molecule has 4 N–H and O–H groups in total. The topological polar surface area (TPSA) is 114 Å². The maximum Gasteiger partial charge on any atom is 0.276 e. The number of carbonyl (C=O) groups is 1. The molecule has 1 unspecified atom stereocenters. The highest BCUT2D eigenvalue weighted by atomic mass is 32.1. The SMILES string of the molecule is Nc1nc(N2CCC3(CC2)Cc2ccccc2C3N)cnc1C(=O)N1CCc2scnc2C1. The minimum atomic E-state index is -0.183. The van der Waals surface area contributed by atoms with Gasteiger partial charge in [-0.15, -0.1) is 11.3 Å². The first-order valence-corrected chi connectivity index (χ1v) is 12.3. The van der Waals surface area contributed by atoms with Crippen LogP contribution in [0.4, 0.5) is 11.6 Å². The Bertz CT molecular complexity index is 1220. The van der Waals surface area contributed by atoms with E-state index in [0.29, 0.717) is 13.1 Å². The summed E-state index contributed by atoms with van der Waals surface area (Å²) in [6, 6.07) is 8.62. The lowest BCUT2D eigenvalue weighted by Gasteiger charge is -2.42. The van der Waals surface area contributed by atoms with Gasteiger partial charge in [-0.25, -0.2) is 15.0 Å². The van der Waals surface area contributed by atoms with Gasteiger partial charge in [0, 0.05) is 37.0 Å². The Morgan fingerprint density at radius 1 is 1.15 bits per heavy atom. The fourth-order valence-corrected chi connectivity index (χ4v) is 6.41. The van der Waals surface area contributed by atoms with Crippen molar-refractivity contribution in [1.82, 2.24) is 19.9 Å². The molecule has 1 atom stereocenters. The molecule has 0 radical (unpaired) electrons. The van der Waals surface area contributed by atoms with Gasteiger partial charge >= 0.3 is 0 Å². The number of hydrogen-bond acceptors (Lipinski definition) is 8. The van der Waals surface area contributed by atoms with Crippen LogP contribution in [0.3, 0.4) is 0 Å². The molecule has 33 heavy (non-hydrogen) atoms. The summed E-state index contributed by atoms with van der Waals surface area (Å²) in [5, 5.41) is 0. The number of carbonyl (C=O) groups excluding carboxylic acids is 1. The maximum absolute atomic E-state index is 13.0. The molecule has 3 aliphatic rings. The van der Waals surface area contributed by atoms with Crippen molar-refractivity contribution in [3.05, 3.63) is 63.4 Å². The molecule has 1 spiro atoms. The molecule has 2 aliphatic heterocycles. The van der Waals surface area contributed by atoms with Gasteiger partial charge in [-0.2, -0.15) is 0 Å². The van der Waals surface area contributed by atoms with Crippen LogP contribution in [-0.4, -0.2) is 45.4 Å². The summed E-state index contributed by atoms with van der Waals surface area (Å²) in [7, 11) is 0. The first-order chi connectivity index (χ1) is 16.0. The number of nitrogens with two attached hydrogens (primary N) is 2. The number of rotatable bonds is 2. The normalized spacial score (nSPS) is 21.2. The monoisotopic (exact) mass is 461 g/mol. The van der Waals surface area contributed by atoms with Crippen LogP contribution in [0.5, 0.6) is 0 Å². The zero-order chi connectivity index (χ0) is 22.6. The second kappa shape index (κ2) is 7.78. The van der Waals surface area contributed by atoms with E-state index in [1.54, 1.807) is 22.4 Å². The molecule has 1 aromatic carbocycles. The number of fused-ring (bicyclic) bond motifs is 2. The van der Waals surface area contributed by atoms with Crippen LogP contribution in [0.1, 0.15) is 51.1 Å². The number of piperidine rings is 1. The average molecular weight is 462 g/mol. The van der Waals surface area contributed by atoms with Crippen molar-refractivity contribution >= 4 is 28.9 Å². The van der Waals surface area contributed by atoms with Gasteiger partial charge in [-0.3, -0.25) is 4.79 Å². The molecule has 170 valence electrons. The van der Waals surface area contributed by atoms with Crippen molar-refractivity contribution < 1.29 is 4.79 Å². The third-order valence-electron chi connectivity index (χ3n) is 7.63. The van der Waals surface area contributed by atoms with Crippen LogP contribution in [0.15, 0.2) is 36.0 Å². The highest BCUT2D eigenvalue weighted by molar-refractivity contribution is 7.09. The number of nitrogen functional groups attached to an aromatic ring is 1. The Morgan fingerprint density at radius 3 is 2.76 bits per heavy atom. The molecule has 0 saturated carbocycles. The summed E-state index contributed by atoms with van der Waals surface area (Å²) in [5.41, 5.74) is 18.7. The first kappa shape index (κ1) is 20.6. The standard InChI is InChI=1S/C24H27N7OS/c25-21-16-4-2-1-3-15(16)11-24(21)6-9-30(10-7-24)19-12-27-20(22(26)29-19)23(32)31-8-5-18-17(13-31)28-14-33-18/h1-4,12,14,21H,5-11,13,25H2,(H2,26,29). The Labute approximate surface area is 196 Å². The fraction of sp³-hybridized carbons (Fsp3) is 0.417. The molecular weight excluding hydrogens is 434 g/mol. The van der Waals surface area contributed by atoms with Gasteiger partial charge in [0.25, 0.3) is 5.91 Å². The fourth-order valence-electron chi connectivity index (χ4n) is 5.64. The van der Waals surface area contributed by atoms with Gasteiger partial charge in [0.1, 0.15) is 5.82 Å². The number of hydrogen-bond donors (Lipinski definition) is 2. The molecule has 1 saturated heterocycles. The van der Waals surface area contributed by atoms with E-state index in [1.165, 1.54) is 16.0 Å². The molecule has 1 amide bonds. The van der Waals surface area contributed by atoms with E-state index in [2.05, 4.69) is 44.1 Å². The number of amides is 1. The molecular formula is C24H27N7OS. The van der Waals surface area contributed by atoms with E-state index in [9.17, 15) is 4.79 Å². The van der Waals surface area contributed by atoms with E-state index in [-0.39, 0.29) is 28.9 Å². The number of anilines is 2. The Balaban J connectivity index is 1.15. The lowest BCUT2D eigenvalue weighted by Crippen LogP contribution is -2.44. The van der Waals surface area contributed by atoms with Gasteiger partial charge in [0.2, 0.25) is 0 Å². The van der Waals surface area contributed by atoms with Gasteiger partial charge in [-0.05, 0) is 35.8 Å². The van der Waals surface area contributed by atoms with Crippen LogP contribution >= 0.6 is 11.3 Å². The minimum absolute atomic E-state index is 0.0785. The van der Waals surface area contributed by atoms with Crippen molar-refractivity contribution in [1.29, 1.82) is 0 Å². The van der Waals surface area contributed by atoms with E-state index in [0.717, 1.165) is 50.3 Å². The van der Waals surface area contributed by atoms with Crippen LogP contribution in [0, 0.1) is 5.41 Å². The largest absolute Gasteiger partial charge is 0.382 e. The molecule has 1 fully saturated rings. The van der Waals surface area contributed by atoms with E-state index in [1.807, 2.05) is 5.51 Å². The van der Waals surface area contributed by atoms with Crippen LogP contribution in [-0.2, 0) is 19.4 Å². The second-order valence-electron chi connectivity index (χ2n) is 9.36. The highest BCUT2D eigenvalue weighted by Gasteiger charge is 2.46. The lowest BCUT2D eigenvalue weighted by atomic mass is 9.73. The molecule has 4 heterocycles. The third-order valence-corrected chi connectivity index (χ3v) is 8.56. The molecule has 3 aromatic rings. The van der Waals surface area contributed by atoms with E-state index in [4.69, 9.17) is 11.5 Å². The Morgan fingerprint density at radius 2 is 1.97 bits per heavy atom. The van der Waals surface area contributed by atoms with Crippen LogP contribution in [0.25, 0.3) is 0 Å². The molecule has 9 heteroatoms. The van der Waals surface area contributed by atoms with Gasteiger partial charge < -0.3 is 21.3 Å². The number of benzene rings is 1. The average Bonchev–Trinajstić information content (AvgIpc) is 3.41. The second-order valence-corrected chi connectivity index (χ2v) is 10.3. The van der Waals surface area contributed by atoms with Gasteiger partial charge in [0.15, 0.2) is 11.5 Å². The van der Waals surface area contributed by atoms with Crippen molar-refractivity contribution in [2.45, 2.75) is 38.3 Å². The van der Waals surface area contributed by atoms with Gasteiger partial charge in [0.05, 0.1) is 23.9 Å². The Hall–Kier alpha value is -3.04. The van der Waals surface area contributed by atoms with Crippen molar-refractivity contribution in [2.75, 3.05) is 30.3 Å². The molecule has 6 rings (SSSR count). The van der Waals surface area contributed by atoms with Crippen LogP contribution < -0.4 is 16.4 Å². The summed E-state index contributed by atoms with van der Waals surface area (Å²) in [6.07, 6.45) is 5.53. The predicted octanol–water partition coefficient (Wildman–Crippen LogP) is 2.56. The molecule has 2 aromatic heterocycles. The smallest absolute Gasteiger partial charge is 0.276 e. The summed E-state index contributed by atoms with van der Waals surface area (Å²) >= 11 is 1.64. The Kier molecular flexibility index (Phi) is 4.84. The summed E-state index contributed by atoms with van der Waals surface area (Å²) in [4.78, 5) is 31.6. The number of aromatic nitrogens is 3.